The summed E-state index contributed by atoms with van der Waals surface area (Å²) in [5.41, 5.74) is 11.0. The lowest BCUT2D eigenvalue weighted by Crippen LogP contribution is -2.43. The topological polar surface area (TPSA) is 128 Å². The molecule has 7 heteroatoms. The Morgan fingerprint density at radius 1 is 1.44 bits per heavy atom. The molecule has 1 unspecified atom stereocenters. The number of unbranched alkanes of at least 4 members (excludes halogenated alkanes) is 1. The number of nitrogens with one attached hydrogen (secondary N) is 1. The van der Waals surface area contributed by atoms with Crippen molar-refractivity contribution < 1.29 is 19.4 Å². The molecule has 1 saturated heterocycles. The Balaban J connectivity index is 2.36. The van der Waals surface area contributed by atoms with Crippen LogP contribution in [0.2, 0.25) is 0 Å². The molecule has 0 bridgehead atoms. The quantitative estimate of drug-likeness (QED) is 0.334. The number of nitrogens with two attached hydrogens (primary N) is 2. The fourth-order valence-corrected chi connectivity index (χ4v) is 1.92. The molecule has 6 N–H and O–H groups in total. The number of hydrogen-bond donors (Lipinski definition) is 4. The van der Waals surface area contributed by atoms with Gasteiger partial charge in [0.1, 0.15) is 18.2 Å². The molecule has 0 amide bonds. The fraction of sp³-hybridized carbons (Fsp3) is 0.818. The van der Waals surface area contributed by atoms with Crippen LogP contribution in [0.1, 0.15) is 25.7 Å². The van der Waals surface area contributed by atoms with E-state index in [1.807, 2.05) is 0 Å². The third-order valence-corrected chi connectivity index (χ3v) is 2.97. The van der Waals surface area contributed by atoms with Gasteiger partial charge >= 0.3 is 11.9 Å². The molecule has 1 heterocycles. The van der Waals surface area contributed by atoms with Crippen LogP contribution in [-0.4, -0.2) is 48.3 Å². The summed E-state index contributed by atoms with van der Waals surface area (Å²) in [5.74, 6) is -1.55. The van der Waals surface area contributed by atoms with Crippen molar-refractivity contribution in [1.29, 1.82) is 0 Å². The van der Waals surface area contributed by atoms with Gasteiger partial charge in [0.25, 0.3) is 0 Å². The van der Waals surface area contributed by atoms with Gasteiger partial charge in [0, 0.05) is 0 Å². The summed E-state index contributed by atoms with van der Waals surface area (Å²) in [7, 11) is 0. The van der Waals surface area contributed by atoms with Crippen molar-refractivity contribution in [2.24, 2.45) is 11.5 Å². The van der Waals surface area contributed by atoms with Gasteiger partial charge < -0.3 is 26.6 Å². The molecule has 1 aliphatic rings. The minimum Gasteiger partial charge on any atom is -0.480 e. The highest BCUT2D eigenvalue weighted by Crippen LogP contribution is 2.13. The molecular weight excluding hydrogens is 238 g/mol. The molecule has 104 valence electrons. The first-order valence-electron chi connectivity index (χ1n) is 6.18. The van der Waals surface area contributed by atoms with E-state index in [0.717, 1.165) is 12.8 Å². The van der Waals surface area contributed by atoms with Gasteiger partial charge in [-0.1, -0.05) is 6.42 Å². The van der Waals surface area contributed by atoms with Gasteiger partial charge in [0.15, 0.2) is 0 Å². The molecule has 1 fully saturated rings. The third-order valence-electron chi connectivity index (χ3n) is 2.97. The molecule has 1 rings (SSSR count). The largest absolute Gasteiger partial charge is 0.480 e. The smallest absolute Gasteiger partial charge is 0.324 e. The maximum Gasteiger partial charge on any atom is 0.324 e. The van der Waals surface area contributed by atoms with E-state index >= 15 is 0 Å². The van der Waals surface area contributed by atoms with Crippen LogP contribution in [0.5, 0.6) is 0 Å². The van der Waals surface area contributed by atoms with Gasteiger partial charge in [0.2, 0.25) is 0 Å². The predicted molar refractivity (Wildman–Crippen MR) is 64.8 cm³/mol. The average molecular weight is 259 g/mol. The number of esters is 1. The SMILES string of the molecule is NCCCC[C@H](N)C(=O)OC1CCN[C@@H]1C(=O)O. The molecule has 1 aliphatic heterocycles. The Hall–Kier alpha value is -1.18. The molecule has 3 atom stereocenters. The van der Waals surface area contributed by atoms with Crippen LogP contribution in [0.4, 0.5) is 0 Å². The van der Waals surface area contributed by atoms with E-state index in [1.165, 1.54) is 0 Å². The highest BCUT2D eigenvalue weighted by atomic mass is 16.5. The molecule has 0 aromatic rings. The van der Waals surface area contributed by atoms with Crippen LogP contribution in [0, 0.1) is 0 Å². The molecule has 18 heavy (non-hydrogen) atoms. The number of rotatable bonds is 7. The van der Waals surface area contributed by atoms with E-state index in [0.29, 0.717) is 25.9 Å². The van der Waals surface area contributed by atoms with E-state index in [9.17, 15) is 9.59 Å². The Morgan fingerprint density at radius 3 is 2.78 bits per heavy atom. The zero-order chi connectivity index (χ0) is 13.5. The lowest BCUT2D eigenvalue weighted by Gasteiger charge is -2.19. The number of carbonyl (C=O) groups is 2. The van der Waals surface area contributed by atoms with Crippen molar-refractivity contribution in [3.05, 3.63) is 0 Å². The van der Waals surface area contributed by atoms with Gasteiger partial charge in [-0.25, -0.2) is 0 Å². The standard InChI is InChI=1S/C11H21N3O4/c12-5-2-1-3-7(13)11(17)18-8-4-6-14-9(8)10(15)16/h7-9,14H,1-6,12-13H2,(H,15,16)/t7-,8?,9-/m0/s1. The van der Waals surface area contributed by atoms with Crippen molar-refractivity contribution in [3.8, 4) is 0 Å². The normalized spacial score (nSPS) is 24.8. The first-order valence-corrected chi connectivity index (χ1v) is 6.18. The Morgan fingerprint density at radius 2 is 2.17 bits per heavy atom. The molecule has 7 nitrogen and oxygen atoms in total. The number of hydrogen-bond acceptors (Lipinski definition) is 6. The maximum atomic E-state index is 11.7. The second kappa shape index (κ2) is 7.30. The van der Waals surface area contributed by atoms with E-state index in [4.69, 9.17) is 21.3 Å². The zero-order valence-corrected chi connectivity index (χ0v) is 10.3. The summed E-state index contributed by atoms with van der Waals surface area (Å²) in [6.45, 7) is 1.09. The molecule has 0 saturated carbocycles. The first kappa shape index (κ1) is 14.9. The Bertz CT molecular complexity index is 298. The average Bonchev–Trinajstić information content (AvgIpc) is 2.77. The molecule has 0 spiro atoms. The number of carbonyl (C=O) groups excluding carboxylic acids is 1. The van der Waals surface area contributed by atoms with Crippen molar-refractivity contribution in [3.63, 3.8) is 0 Å². The number of ether oxygens (including phenoxy) is 1. The van der Waals surface area contributed by atoms with Gasteiger partial charge in [0.05, 0.1) is 0 Å². The van der Waals surface area contributed by atoms with E-state index in [-0.39, 0.29) is 0 Å². The summed E-state index contributed by atoms with van der Waals surface area (Å²) < 4.78 is 5.14. The molecule has 0 aliphatic carbocycles. The predicted octanol–water partition coefficient (Wildman–Crippen LogP) is -1.20. The van der Waals surface area contributed by atoms with Crippen LogP contribution in [-0.2, 0) is 14.3 Å². The monoisotopic (exact) mass is 259 g/mol. The van der Waals surface area contributed by atoms with Crippen molar-refractivity contribution in [2.45, 2.75) is 43.9 Å². The second-order valence-corrected chi connectivity index (χ2v) is 4.42. The van der Waals surface area contributed by atoms with E-state index < -0.39 is 30.1 Å². The van der Waals surface area contributed by atoms with E-state index in [2.05, 4.69) is 5.32 Å². The third kappa shape index (κ3) is 4.25. The van der Waals surface area contributed by atoms with Gasteiger partial charge in [-0.2, -0.15) is 0 Å². The summed E-state index contributed by atoms with van der Waals surface area (Å²) in [5, 5.41) is 11.7. The van der Waals surface area contributed by atoms with Gasteiger partial charge in [-0.05, 0) is 32.4 Å². The van der Waals surface area contributed by atoms with Crippen molar-refractivity contribution >= 4 is 11.9 Å². The van der Waals surface area contributed by atoms with Crippen molar-refractivity contribution in [2.75, 3.05) is 13.1 Å². The number of carboxylic acids is 1. The molecular formula is C11H21N3O4. The zero-order valence-electron chi connectivity index (χ0n) is 10.3. The summed E-state index contributed by atoms with van der Waals surface area (Å²) >= 11 is 0. The van der Waals surface area contributed by atoms with Crippen molar-refractivity contribution in [1.82, 2.24) is 5.32 Å². The van der Waals surface area contributed by atoms with Crippen LogP contribution in [0.3, 0.4) is 0 Å². The summed E-state index contributed by atoms with van der Waals surface area (Å²) in [6.07, 6.45) is 1.95. The second-order valence-electron chi connectivity index (χ2n) is 4.42. The lowest BCUT2D eigenvalue weighted by molar-refractivity contribution is -0.155. The number of carboxylic acid groups (broad SMARTS) is 1. The Kier molecular flexibility index (Phi) is 6.03. The molecule has 0 aromatic heterocycles. The van der Waals surface area contributed by atoms with E-state index in [1.54, 1.807) is 0 Å². The highest BCUT2D eigenvalue weighted by Gasteiger charge is 2.36. The summed E-state index contributed by atoms with van der Waals surface area (Å²) in [4.78, 5) is 22.5. The van der Waals surface area contributed by atoms with Crippen LogP contribution < -0.4 is 16.8 Å². The maximum absolute atomic E-state index is 11.7. The highest BCUT2D eigenvalue weighted by molar-refractivity contribution is 5.78. The fourth-order valence-electron chi connectivity index (χ4n) is 1.92. The van der Waals surface area contributed by atoms with Gasteiger partial charge in [-0.3, -0.25) is 9.59 Å². The minimum absolute atomic E-state index is 0.498. The molecule has 0 aromatic carbocycles. The van der Waals surface area contributed by atoms with Crippen LogP contribution in [0.15, 0.2) is 0 Å². The summed E-state index contributed by atoms with van der Waals surface area (Å²) in [6, 6.07) is -1.53. The lowest BCUT2D eigenvalue weighted by atomic mass is 10.1. The Labute approximate surface area is 106 Å². The van der Waals surface area contributed by atoms with Crippen LogP contribution in [0.25, 0.3) is 0 Å². The van der Waals surface area contributed by atoms with Gasteiger partial charge in [-0.15, -0.1) is 0 Å². The first-order chi connectivity index (χ1) is 8.56. The number of aliphatic carboxylic acids is 1. The minimum atomic E-state index is -1.01. The molecule has 0 radical (unpaired) electrons. The van der Waals surface area contributed by atoms with Crippen LogP contribution >= 0.6 is 0 Å².